The van der Waals surface area contributed by atoms with Crippen LogP contribution in [-0.4, -0.2) is 56.6 Å². The summed E-state index contributed by atoms with van der Waals surface area (Å²) >= 11 is 1.49. The smallest absolute Gasteiger partial charge is 0.227 e. The van der Waals surface area contributed by atoms with Crippen LogP contribution in [0.3, 0.4) is 0 Å². The second-order valence-corrected chi connectivity index (χ2v) is 10.4. The van der Waals surface area contributed by atoms with Gasteiger partial charge in [0.1, 0.15) is 5.52 Å². The second-order valence-electron chi connectivity index (χ2n) is 7.41. The van der Waals surface area contributed by atoms with E-state index in [0.717, 1.165) is 21.0 Å². The van der Waals surface area contributed by atoms with Crippen LogP contribution in [0.5, 0.6) is 0 Å². The first-order chi connectivity index (χ1) is 13.8. The van der Waals surface area contributed by atoms with Crippen LogP contribution < -0.4 is 4.90 Å². The number of fused-ring (bicyclic) bond motifs is 1. The van der Waals surface area contributed by atoms with Gasteiger partial charge in [0.05, 0.1) is 16.0 Å². The number of benzene rings is 2. The minimum absolute atomic E-state index is 0.138. The van der Waals surface area contributed by atoms with Gasteiger partial charge in [0, 0.05) is 32.4 Å². The number of carbonyl (C=O) groups is 1. The molecule has 1 saturated heterocycles. The Morgan fingerprint density at radius 3 is 2.52 bits per heavy atom. The molecule has 0 spiro atoms. The van der Waals surface area contributed by atoms with E-state index in [-0.39, 0.29) is 10.8 Å². The zero-order valence-corrected chi connectivity index (χ0v) is 18.1. The largest absolute Gasteiger partial charge is 0.345 e. The Morgan fingerprint density at radius 1 is 1.10 bits per heavy atom. The number of rotatable bonds is 4. The summed E-state index contributed by atoms with van der Waals surface area (Å²) < 4.78 is 24.9. The Labute approximate surface area is 174 Å². The van der Waals surface area contributed by atoms with Crippen molar-refractivity contribution in [1.29, 1.82) is 0 Å². The number of amides is 1. The maximum absolute atomic E-state index is 12.6. The third-order valence-electron chi connectivity index (χ3n) is 5.11. The first-order valence-corrected chi connectivity index (χ1v) is 12.2. The summed E-state index contributed by atoms with van der Waals surface area (Å²) in [5, 5.41) is 0.807. The number of hydrogen-bond donors (Lipinski definition) is 0. The lowest BCUT2D eigenvalue weighted by molar-refractivity contribution is -0.130. The average Bonchev–Trinajstić information content (AvgIpc) is 3.11. The Morgan fingerprint density at radius 2 is 1.83 bits per heavy atom. The molecule has 4 rings (SSSR count). The predicted octanol–water partition coefficient (Wildman–Crippen LogP) is 2.90. The molecule has 0 unspecified atom stereocenters. The molecule has 152 valence electrons. The molecule has 2 aromatic carbocycles. The van der Waals surface area contributed by atoms with Crippen LogP contribution in [0.1, 0.15) is 11.1 Å². The SMILES string of the molecule is Cc1cccc(CC(=O)N2CCN(c3nc4c(S(C)(=O)=O)cccc4s3)CC2)c1. The molecule has 1 aromatic heterocycles. The van der Waals surface area contributed by atoms with E-state index in [4.69, 9.17) is 0 Å². The normalized spacial score (nSPS) is 15.1. The number of piperazine rings is 1. The van der Waals surface area contributed by atoms with Crippen molar-refractivity contribution in [3.8, 4) is 0 Å². The molecule has 0 aliphatic carbocycles. The lowest BCUT2D eigenvalue weighted by Gasteiger charge is -2.34. The molecule has 3 aromatic rings. The number of aryl methyl sites for hydroxylation is 1. The molecule has 0 N–H and O–H groups in total. The van der Waals surface area contributed by atoms with Gasteiger partial charge in [0.2, 0.25) is 5.91 Å². The zero-order chi connectivity index (χ0) is 20.6. The number of carbonyl (C=O) groups excluding carboxylic acids is 1. The molecule has 0 saturated carbocycles. The Hall–Kier alpha value is -2.45. The van der Waals surface area contributed by atoms with E-state index in [1.165, 1.54) is 17.6 Å². The van der Waals surface area contributed by atoms with Crippen molar-refractivity contribution in [2.45, 2.75) is 18.2 Å². The minimum Gasteiger partial charge on any atom is -0.345 e. The molecular formula is C21H23N3O3S2. The van der Waals surface area contributed by atoms with Gasteiger partial charge in [0.25, 0.3) is 0 Å². The maximum Gasteiger partial charge on any atom is 0.227 e. The van der Waals surface area contributed by atoms with Crippen LogP contribution in [0, 0.1) is 6.92 Å². The van der Waals surface area contributed by atoms with Crippen molar-refractivity contribution in [3.05, 3.63) is 53.6 Å². The van der Waals surface area contributed by atoms with Crippen molar-refractivity contribution in [1.82, 2.24) is 9.88 Å². The molecular weight excluding hydrogens is 406 g/mol. The van der Waals surface area contributed by atoms with E-state index in [9.17, 15) is 13.2 Å². The Bertz CT molecular complexity index is 1160. The van der Waals surface area contributed by atoms with Gasteiger partial charge >= 0.3 is 0 Å². The van der Waals surface area contributed by atoms with Crippen LogP contribution >= 0.6 is 11.3 Å². The van der Waals surface area contributed by atoms with Crippen molar-refractivity contribution >= 4 is 42.4 Å². The highest BCUT2D eigenvalue weighted by molar-refractivity contribution is 7.91. The summed E-state index contributed by atoms with van der Waals surface area (Å²) in [6, 6.07) is 13.3. The molecule has 6 nitrogen and oxygen atoms in total. The van der Waals surface area contributed by atoms with Crippen molar-refractivity contribution in [3.63, 3.8) is 0 Å². The predicted molar refractivity (Wildman–Crippen MR) is 116 cm³/mol. The highest BCUT2D eigenvalue weighted by Crippen LogP contribution is 2.33. The number of aromatic nitrogens is 1. The molecule has 1 aliphatic heterocycles. The molecule has 1 fully saturated rings. The molecule has 0 bridgehead atoms. The van der Waals surface area contributed by atoms with E-state index < -0.39 is 9.84 Å². The monoisotopic (exact) mass is 429 g/mol. The molecule has 0 atom stereocenters. The van der Waals surface area contributed by atoms with E-state index in [1.54, 1.807) is 12.1 Å². The van der Waals surface area contributed by atoms with Crippen LogP contribution in [0.25, 0.3) is 10.2 Å². The van der Waals surface area contributed by atoms with Gasteiger partial charge < -0.3 is 9.80 Å². The third-order valence-corrected chi connectivity index (χ3v) is 7.32. The molecule has 2 heterocycles. The lowest BCUT2D eigenvalue weighted by Crippen LogP contribution is -2.49. The van der Waals surface area contributed by atoms with E-state index in [1.807, 2.05) is 36.1 Å². The van der Waals surface area contributed by atoms with Crippen molar-refractivity contribution in [2.75, 3.05) is 37.3 Å². The fourth-order valence-corrected chi connectivity index (χ4v) is 5.54. The summed E-state index contributed by atoms with van der Waals surface area (Å²) in [5.74, 6) is 0.138. The van der Waals surface area contributed by atoms with Crippen LogP contribution in [-0.2, 0) is 21.1 Å². The van der Waals surface area contributed by atoms with E-state index >= 15 is 0 Å². The van der Waals surface area contributed by atoms with Gasteiger partial charge in [-0.1, -0.05) is 47.2 Å². The number of anilines is 1. The van der Waals surface area contributed by atoms with Gasteiger partial charge in [-0.2, -0.15) is 0 Å². The molecule has 1 aliphatic rings. The van der Waals surface area contributed by atoms with Gasteiger partial charge in [-0.05, 0) is 24.6 Å². The average molecular weight is 430 g/mol. The fourth-order valence-electron chi connectivity index (χ4n) is 3.60. The van der Waals surface area contributed by atoms with Crippen molar-refractivity contribution < 1.29 is 13.2 Å². The number of nitrogens with zero attached hydrogens (tertiary/aromatic N) is 3. The number of hydrogen-bond acceptors (Lipinski definition) is 6. The first-order valence-electron chi connectivity index (χ1n) is 9.49. The topological polar surface area (TPSA) is 70.6 Å². The molecule has 8 heteroatoms. The van der Waals surface area contributed by atoms with Crippen LogP contribution in [0.4, 0.5) is 5.13 Å². The summed E-state index contributed by atoms with van der Waals surface area (Å²) in [7, 11) is -3.33. The molecule has 0 radical (unpaired) electrons. The summed E-state index contributed by atoms with van der Waals surface area (Å²) in [6.07, 6.45) is 1.62. The highest BCUT2D eigenvalue weighted by atomic mass is 32.2. The van der Waals surface area contributed by atoms with Gasteiger partial charge in [-0.15, -0.1) is 0 Å². The van der Waals surface area contributed by atoms with Gasteiger partial charge in [-0.3, -0.25) is 4.79 Å². The number of sulfone groups is 1. The van der Waals surface area contributed by atoms with Gasteiger partial charge in [-0.25, -0.2) is 13.4 Å². The number of para-hydroxylation sites is 1. The Balaban J connectivity index is 1.45. The summed E-state index contributed by atoms with van der Waals surface area (Å²) in [4.78, 5) is 21.6. The molecule has 29 heavy (non-hydrogen) atoms. The maximum atomic E-state index is 12.6. The standard InChI is InChI=1S/C21H23N3O3S2/c1-15-5-3-6-16(13-15)14-19(25)23-9-11-24(12-10-23)21-22-20-17(28-21)7-4-8-18(20)29(2,26)27/h3-8,13H,9-12,14H2,1-2H3. The van der Waals surface area contributed by atoms with E-state index in [2.05, 4.69) is 16.0 Å². The van der Waals surface area contributed by atoms with Crippen LogP contribution in [0.15, 0.2) is 47.4 Å². The highest BCUT2D eigenvalue weighted by Gasteiger charge is 2.24. The quantitative estimate of drug-likeness (QED) is 0.638. The minimum atomic E-state index is -3.33. The third kappa shape index (κ3) is 4.28. The molecule has 1 amide bonds. The van der Waals surface area contributed by atoms with Crippen LogP contribution in [0.2, 0.25) is 0 Å². The second kappa shape index (κ2) is 7.76. The fraction of sp³-hybridized carbons (Fsp3) is 0.333. The Kier molecular flexibility index (Phi) is 5.31. The number of thiazole rings is 1. The zero-order valence-electron chi connectivity index (χ0n) is 16.5. The summed E-state index contributed by atoms with van der Waals surface area (Å²) in [6.45, 7) is 4.68. The van der Waals surface area contributed by atoms with Crippen molar-refractivity contribution in [2.24, 2.45) is 0 Å². The van der Waals surface area contributed by atoms with E-state index in [0.29, 0.717) is 38.1 Å². The first kappa shape index (κ1) is 19.8. The van der Waals surface area contributed by atoms with Gasteiger partial charge in [0.15, 0.2) is 15.0 Å². The summed E-state index contributed by atoms with van der Waals surface area (Å²) in [5.41, 5.74) is 2.73. The lowest BCUT2D eigenvalue weighted by atomic mass is 10.1.